The van der Waals surface area contributed by atoms with Crippen molar-refractivity contribution in [2.75, 3.05) is 6.61 Å². The molecule has 2 atom stereocenters. The lowest BCUT2D eigenvalue weighted by atomic mass is 9.58. The molecular formula is C24H18O2. The van der Waals surface area contributed by atoms with Crippen molar-refractivity contribution in [3.63, 3.8) is 0 Å². The van der Waals surface area contributed by atoms with E-state index in [2.05, 4.69) is 36.9 Å². The minimum absolute atomic E-state index is 0.0991. The molecule has 0 saturated carbocycles. The fraction of sp³-hybridized carbons (Fsp3) is 0.125. The number of ether oxygens (including phenoxy) is 1. The highest BCUT2D eigenvalue weighted by Gasteiger charge is 2.53. The third-order valence-electron chi connectivity index (χ3n) is 5.73. The molecule has 2 nitrogen and oxygen atoms in total. The van der Waals surface area contributed by atoms with Gasteiger partial charge in [0.15, 0.2) is 5.78 Å². The summed E-state index contributed by atoms with van der Waals surface area (Å²) < 4.78 is 6.08. The summed E-state index contributed by atoms with van der Waals surface area (Å²) in [5, 5.41) is 2.17. The van der Waals surface area contributed by atoms with Gasteiger partial charge in [0.1, 0.15) is 5.75 Å². The second-order valence-corrected chi connectivity index (χ2v) is 6.91. The molecule has 2 aliphatic rings. The third-order valence-corrected chi connectivity index (χ3v) is 5.73. The molecule has 3 aromatic carbocycles. The molecule has 0 N–H and O–H groups in total. The van der Waals surface area contributed by atoms with Crippen molar-refractivity contribution in [1.82, 2.24) is 0 Å². The summed E-state index contributed by atoms with van der Waals surface area (Å²) in [6.45, 7) is 4.49. The quantitative estimate of drug-likeness (QED) is 0.589. The Hall–Kier alpha value is -3.13. The summed E-state index contributed by atoms with van der Waals surface area (Å²) in [5.74, 6) is 0.765. The monoisotopic (exact) mass is 338 g/mol. The third kappa shape index (κ3) is 1.79. The second kappa shape index (κ2) is 5.43. The topological polar surface area (TPSA) is 26.3 Å². The van der Waals surface area contributed by atoms with Gasteiger partial charge < -0.3 is 4.74 Å². The first-order valence-corrected chi connectivity index (χ1v) is 8.86. The van der Waals surface area contributed by atoms with Gasteiger partial charge in [0.2, 0.25) is 0 Å². The molecular weight excluding hydrogens is 320 g/mol. The van der Waals surface area contributed by atoms with Gasteiger partial charge in [-0.2, -0.15) is 0 Å². The minimum atomic E-state index is -0.790. The first kappa shape index (κ1) is 15.2. The van der Waals surface area contributed by atoms with Gasteiger partial charge in [0.25, 0.3) is 0 Å². The van der Waals surface area contributed by atoms with E-state index in [0.29, 0.717) is 6.61 Å². The number of fused-ring (bicyclic) bond motifs is 6. The number of hydrogen-bond donors (Lipinski definition) is 0. The van der Waals surface area contributed by atoms with Gasteiger partial charge in [-0.05, 0) is 34.0 Å². The Balaban J connectivity index is 1.98. The first-order valence-electron chi connectivity index (χ1n) is 8.86. The van der Waals surface area contributed by atoms with E-state index in [9.17, 15) is 4.79 Å². The summed E-state index contributed by atoms with van der Waals surface area (Å²) in [5.41, 5.74) is 2.30. The van der Waals surface area contributed by atoms with E-state index in [1.165, 1.54) is 0 Å². The lowest BCUT2D eigenvalue weighted by Gasteiger charge is -2.45. The van der Waals surface area contributed by atoms with Gasteiger partial charge >= 0.3 is 0 Å². The summed E-state index contributed by atoms with van der Waals surface area (Å²) >= 11 is 0. The van der Waals surface area contributed by atoms with Crippen molar-refractivity contribution in [3.8, 4) is 5.75 Å². The molecule has 126 valence electrons. The largest absolute Gasteiger partial charge is 0.493 e. The Morgan fingerprint density at radius 2 is 1.81 bits per heavy atom. The van der Waals surface area contributed by atoms with Gasteiger partial charge in [-0.25, -0.2) is 0 Å². The van der Waals surface area contributed by atoms with E-state index < -0.39 is 5.41 Å². The SMILES string of the molecule is C=C[C@H]1COc2ccc3ccccc3c2[C@@]12C(=O)C=Cc1ccccc12. The zero-order valence-electron chi connectivity index (χ0n) is 14.3. The van der Waals surface area contributed by atoms with Gasteiger partial charge in [-0.15, -0.1) is 6.58 Å². The summed E-state index contributed by atoms with van der Waals surface area (Å²) in [7, 11) is 0. The highest BCUT2D eigenvalue weighted by atomic mass is 16.5. The first-order chi connectivity index (χ1) is 12.8. The molecule has 0 radical (unpaired) electrons. The van der Waals surface area contributed by atoms with Crippen LogP contribution in [0.4, 0.5) is 0 Å². The fourth-order valence-electron chi connectivity index (χ4n) is 4.58. The van der Waals surface area contributed by atoms with Crippen LogP contribution in [-0.4, -0.2) is 12.4 Å². The number of ketones is 1. The Morgan fingerprint density at radius 1 is 1.00 bits per heavy atom. The number of benzene rings is 3. The van der Waals surface area contributed by atoms with Crippen molar-refractivity contribution in [2.24, 2.45) is 5.92 Å². The van der Waals surface area contributed by atoms with Crippen molar-refractivity contribution >= 4 is 22.6 Å². The molecule has 0 aromatic heterocycles. The van der Waals surface area contributed by atoms with Gasteiger partial charge in [0, 0.05) is 11.5 Å². The zero-order valence-corrected chi connectivity index (χ0v) is 14.3. The van der Waals surface area contributed by atoms with E-state index in [1.54, 1.807) is 6.08 Å². The molecule has 0 bridgehead atoms. The number of carbonyl (C=O) groups is 1. The average molecular weight is 338 g/mol. The Kier molecular flexibility index (Phi) is 3.17. The van der Waals surface area contributed by atoms with E-state index >= 15 is 0 Å². The molecule has 0 amide bonds. The number of carbonyl (C=O) groups excluding carboxylic acids is 1. The van der Waals surface area contributed by atoms with E-state index in [0.717, 1.165) is 33.2 Å². The predicted molar refractivity (Wildman–Crippen MR) is 104 cm³/mol. The fourth-order valence-corrected chi connectivity index (χ4v) is 4.58. The van der Waals surface area contributed by atoms with E-state index in [-0.39, 0.29) is 11.7 Å². The van der Waals surface area contributed by atoms with Crippen LogP contribution in [0.1, 0.15) is 16.7 Å². The molecule has 3 aromatic rings. The highest BCUT2D eigenvalue weighted by Crippen LogP contribution is 2.53. The van der Waals surface area contributed by atoms with Crippen molar-refractivity contribution < 1.29 is 9.53 Å². The van der Waals surface area contributed by atoms with Crippen LogP contribution in [0.25, 0.3) is 16.8 Å². The summed E-state index contributed by atoms with van der Waals surface area (Å²) in [6, 6.07) is 20.4. The maximum Gasteiger partial charge on any atom is 0.171 e. The number of hydrogen-bond acceptors (Lipinski definition) is 2. The molecule has 0 fully saturated rings. The van der Waals surface area contributed by atoms with Crippen molar-refractivity contribution in [2.45, 2.75) is 5.41 Å². The maximum atomic E-state index is 13.5. The molecule has 1 aliphatic heterocycles. The van der Waals surface area contributed by atoms with Crippen LogP contribution in [-0.2, 0) is 10.2 Å². The van der Waals surface area contributed by atoms with Gasteiger partial charge in [0.05, 0.1) is 12.0 Å². The van der Waals surface area contributed by atoms with E-state index in [4.69, 9.17) is 4.74 Å². The molecule has 1 heterocycles. The van der Waals surface area contributed by atoms with Crippen LogP contribution in [0.5, 0.6) is 5.75 Å². The van der Waals surface area contributed by atoms with Crippen LogP contribution in [0.3, 0.4) is 0 Å². The van der Waals surface area contributed by atoms with Crippen LogP contribution < -0.4 is 4.74 Å². The summed E-state index contributed by atoms with van der Waals surface area (Å²) in [4.78, 5) is 13.5. The number of allylic oxidation sites excluding steroid dienone is 1. The maximum absolute atomic E-state index is 13.5. The lowest BCUT2D eigenvalue weighted by Crippen LogP contribution is -2.49. The number of rotatable bonds is 1. The van der Waals surface area contributed by atoms with Crippen LogP contribution in [0, 0.1) is 5.92 Å². The molecule has 1 spiro atoms. The highest BCUT2D eigenvalue weighted by molar-refractivity contribution is 6.11. The molecule has 26 heavy (non-hydrogen) atoms. The normalized spacial score (nSPS) is 23.4. The van der Waals surface area contributed by atoms with Crippen molar-refractivity contribution in [1.29, 1.82) is 0 Å². The minimum Gasteiger partial charge on any atom is -0.493 e. The Morgan fingerprint density at radius 3 is 2.69 bits per heavy atom. The molecule has 1 aliphatic carbocycles. The zero-order chi connectivity index (χ0) is 17.7. The average Bonchev–Trinajstić information content (AvgIpc) is 2.70. The van der Waals surface area contributed by atoms with Crippen LogP contribution in [0.2, 0.25) is 0 Å². The second-order valence-electron chi connectivity index (χ2n) is 6.91. The van der Waals surface area contributed by atoms with Crippen molar-refractivity contribution in [3.05, 3.63) is 96.1 Å². The van der Waals surface area contributed by atoms with Gasteiger partial charge in [-0.1, -0.05) is 66.7 Å². The van der Waals surface area contributed by atoms with Crippen LogP contribution >= 0.6 is 0 Å². The Labute approximate surface area is 152 Å². The van der Waals surface area contributed by atoms with Crippen LogP contribution in [0.15, 0.2) is 79.4 Å². The molecule has 0 saturated heterocycles. The van der Waals surface area contributed by atoms with Gasteiger partial charge in [-0.3, -0.25) is 4.79 Å². The predicted octanol–water partition coefficient (Wildman–Crippen LogP) is 4.92. The molecule has 2 heteroatoms. The molecule has 5 rings (SSSR count). The Bertz CT molecular complexity index is 1090. The van der Waals surface area contributed by atoms with E-state index in [1.807, 2.05) is 42.5 Å². The standard InChI is InChI=1S/C24H18O2/c1-2-18-15-26-21-13-11-16-7-3-5-9-19(16)23(21)24(18)20-10-6-4-8-17(20)12-14-22(24)25/h2-14,18H,1,15H2/t18-,24-/m0/s1. The lowest BCUT2D eigenvalue weighted by molar-refractivity contribution is -0.120. The molecule has 0 unspecified atom stereocenters. The summed E-state index contributed by atoms with van der Waals surface area (Å²) in [6.07, 6.45) is 5.51. The smallest absolute Gasteiger partial charge is 0.171 e.